The Labute approximate surface area is 219 Å². The van der Waals surface area contributed by atoms with Gasteiger partial charge in [0, 0.05) is 53.9 Å². The number of pyridine rings is 1. The molecule has 10 heteroatoms. The largest absolute Gasteiger partial charge is 0.494 e. The lowest BCUT2D eigenvalue weighted by atomic mass is 10.1. The number of hydrogen-bond acceptors (Lipinski definition) is 8. The Balaban J connectivity index is 1.49. The molecule has 0 spiro atoms. The van der Waals surface area contributed by atoms with E-state index in [1.807, 2.05) is 24.3 Å². The first kappa shape index (κ1) is 24.5. The topological polar surface area (TPSA) is 102 Å². The summed E-state index contributed by atoms with van der Waals surface area (Å²) in [5, 5.41) is 7.28. The minimum absolute atomic E-state index is 0.316. The highest BCUT2D eigenvalue weighted by Crippen LogP contribution is 2.36. The molecule has 0 unspecified atom stereocenters. The summed E-state index contributed by atoms with van der Waals surface area (Å²) in [6, 6.07) is 13.0. The van der Waals surface area contributed by atoms with Crippen molar-refractivity contribution >= 4 is 51.4 Å². The highest BCUT2D eigenvalue weighted by Gasteiger charge is 2.16. The minimum Gasteiger partial charge on any atom is -0.494 e. The molecule has 3 heterocycles. The van der Waals surface area contributed by atoms with E-state index < -0.39 is 0 Å². The van der Waals surface area contributed by atoms with Gasteiger partial charge in [-0.05, 0) is 42.5 Å². The van der Waals surface area contributed by atoms with Gasteiger partial charge in [0.2, 0.25) is 11.9 Å². The van der Waals surface area contributed by atoms with Gasteiger partial charge in [-0.1, -0.05) is 18.2 Å². The quantitative estimate of drug-likeness (QED) is 0.329. The molecule has 1 amide bonds. The Kier molecular flexibility index (Phi) is 7.16. The first-order chi connectivity index (χ1) is 18.1. The van der Waals surface area contributed by atoms with E-state index in [0.717, 1.165) is 29.9 Å². The normalized spacial score (nSPS) is 13.3. The second kappa shape index (κ2) is 10.8. The average Bonchev–Trinajstić information content (AvgIpc) is 2.93. The molecule has 2 aromatic heterocycles. The molecule has 2 N–H and O–H groups in total. The summed E-state index contributed by atoms with van der Waals surface area (Å²) in [6.45, 7) is 6.56. The molecule has 1 aliphatic rings. The number of fused-ring (bicyclic) bond motifs is 1. The number of rotatable bonds is 7. The molecular formula is C27H25ClN6O3. The number of halogens is 1. The van der Waals surface area contributed by atoms with Gasteiger partial charge in [-0.3, -0.25) is 9.78 Å². The summed E-state index contributed by atoms with van der Waals surface area (Å²) in [6.07, 6.45) is 4.53. The molecule has 4 aromatic rings. The molecule has 0 bridgehead atoms. The fourth-order valence-corrected chi connectivity index (χ4v) is 4.39. The third-order valence-electron chi connectivity index (χ3n) is 5.98. The van der Waals surface area contributed by atoms with E-state index in [-0.39, 0.29) is 5.91 Å². The van der Waals surface area contributed by atoms with Crippen LogP contribution >= 0.6 is 11.6 Å². The van der Waals surface area contributed by atoms with Gasteiger partial charge in [-0.2, -0.15) is 0 Å². The summed E-state index contributed by atoms with van der Waals surface area (Å²) in [5.41, 5.74) is 4.18. The van der Waals surface area contributed by atoms with Crippen LogP contribution in [0.2, 0.25) is 5.02 Å². The third kappa shape index (κ3) is 5.32. The van der Waals surface area contributed by atoms with Crippen molar-refractivity contribution in [1.82, 2.24) is 15.0 Å². The van der Waals surface area contributed by atoms with Crippen LogP contribution in [0, 0.1) is 0 Å². The number of carbonyl (C=O) groups excluding carboxylic acids is 1. The molecule has 1 aliphatic heterocycles. The predicted molar refractivity (Wildman–Crippen MR) is 146 cm³/mol. The van der Waals surface area contributed by atoms with Crippen molar-refractivity contribution in [2.75, 3.05) is 48.9 Å². The zero-order valence-corrected chi connectivity index (χ0v) is 21.0. The van der Waals surface area contributed by atoms with E-state index in [9.17, 15) is 4.79 Å². The molecule has 5 rings (SSSR count). The number of benzene rings is 2. The summed E-state index contributed by atoms with van der Waals surface area (Å²) in [7, 11) is 1.63. The molecule has 37 heavy (non-hydrogen) atoms. The second-order valence-electron chi connectivity index (χ2n) is 8.29. The Morgan fingerprint density at radius 2 is 2.00 bits per heavy atom. The van der Waals surface area contributed by atoms with Crippen LogP contribution in [0.5, 0.6) is 5.75 Å². The van der Waals surface area contributed by atoms with E-state index in [1.54, 1.807) is 37.7 Å². The van der Waals surface area contributed by atoms with E-state index in [4.69, 9.17) is 26.1 Å². The van der Waals surface area contributed by atoms with E-state index >= 15 is 0 Å². The fraction of sp³-hybridized carbons (Fsp3) is 0.185. The first-order valence-corrected chi connectivity index (χ1v) is 12.1. The van der Waals surface area contributed by atoms with Crippen LogP contribution in [-0.4, -0.2) is 54.3 Å². The Bertz CT molecular complexity index is 1470. The van der Waals surface area contributed by atoms with Gasteiger partial charge >= 0.3 is 0 Å². The van der Waals surface area contributed by atoms with E-state index in [1.165, 1.54) is 6.08 Å². The number of aromatic nitrogens is 3. The number of hydrogen-bond donors (Lipinski definition) is 2. The lowest BCUT2D eigenvalue weighted by molar-refractivity contribution is -0.111. The maximum atomic E-state index is 11.8. The molecule has 1 saturated heterocycles. The van der Waals surface area contributed by atoms with Gasteiger partial charge in [0.05, 0.1) is 42.2 Å². The molecule has 9 nitrogen and oxygen atoms in total. The highest BCUT2D eigenvalue weighted by atomic mass is 35.5. The van der Waals surface area contributed by atoms with Crippen molar-refractivity contribution in [3.8, 4) is 17.0 Å². The van der Waals surface area contributed by atoms with Gasteiger partial charge in [-0.15, -0.1) is 0 Å². The standard InChI is InChI=1S/C27H25ClN6O3/c1-3-24(35)31-18-8-9-29-22(14-18)25-20(28)6-4-17-16-30-27(33-26(17)25)32-21-7-5-19(15-23(21)36-2)34-10-12-37-13-11-34/h3-9,14-16H,1,10-13H2,2H3,(H,29,31,35)(H,30,32,33). The molecule has 0 saturated carbocycles. The maximum Gasteiger partial charge on any atom is 0.247 e. The van der Waals surface area contributed by atoms with Crippen LogP contribution in [0.3, 0.4) is 0 Å². The number of nitrogens with zero attached hydrogens (tertiary/aromatic N) is 4. The molecule has 188 valence electrons. The number of amides is 1. The highest BCUT2D eigenvalue weighted by molar-refractivity contribution is 6.34. The van der Waals surface area contributed by atoms with Crippen molar-refractivity contribution < 1.29 is 14.3 Å². The first-order valence-electron chi connectivity index (χ1n) is 11.7. The predicted octanol–water partition coefficient (Wildman–Crippen LogP) is 5.06. The molecule has 0 radical (unpaired) electrons. The molecular weight excluding hydrogens is 492 g/mol. The van der Waals surface area contributed by atoms with Crippen LogP contribution in [0.15, 0.2) is 67.5 Å². The van der Waals surface area contributed by atoms with Crippen LogP contribution in [0.4, 0.5) is 23.0 Å². The van der Waals surface area contributed by atoms with Crippen molar-refractivity contribution in [3.05, 3.63) is 72.5 Å². The van der Waals surface area contributed by atoms with Gasteiger partial charge in [0.25, 0.3) is 0 Å². The van der Waals surface area contributed by atoms with E-state index in [2.05, 4.69) is 32.1 Å². The minimum atomic E-state index is -0.316. The SMILES string of the molecule is C=CC(=O)Nc1ccnc(-c2c(Cl)ccc3cnc(Nc4ccc(N5CCOCC5)cc4OC)nc23)c1. The molecule has 1 fully saturated rings. The number of ether oxygens (including phenoxy) is 2. The Morgan fingerprint density at radius 1 is 1.16 bits per heavy atom. The molecule has 0 aliphatic carbocycles. The summed E-state index contributed by atoms with van der Waals surface area (Å²) >= 11 is 6.62. The summed E-state index contributed by atoms with van der Waals surface area (Å²) in [5.74, 6) is 0.736. The lowest BCUT2D eigenvalue weighted by Crippen LogP contribution is -2.36. The summed E-state index contributed by atoms with van der Waals surface area (Å²) in [4.78, 5) is 27.8. The monoisotopic (exact) mass is 516 g/mol. The summed E-state index contributed by atoms with van der Waals surface area (Å²) < 4.78 is 11.1. The smallest absolute Gasteiger partial charge is 0.247 e. The van der Waals surface area contributed by atoms with Crippen LogP contribution in [0.25, 0.3) is 22.2 Å². The fourth-order valence-electron chi connectivity index (χ4n) is 4.14. The number of methoxy groups -OCH3 is 1. The third-order valence-corrected chi connectivity index (χ3v) is 6.29. The van der Waals surface area contributed by atoms with Gasteiger partial charge in [0.1, 0.15) is 5.75 Å². The van der Waals surface area contributed by atoms with E-state index in [0.29, 0.717) is 52.4 Å². The Hall–Kier alpha value is -4.21. The van der Waals surface area contributed by atoms with Gasteiger partial charge in [0.15, 0.2) is 0 Å². The van der Waals surface area contributed by atoms with Crippen molar-refractivity contribution in [2.45, 2.75) is 0 Å². The van der Waals surface area contributed by atoms with Gasteiger partial charge < -0.3 is 25.0 Å². The second-order valence-corrected chi connectivity index (χ2v) is 8.69. The van der Waals surface area contributed by atoms with Crippen LogP contribution in [-0.2, 0) is 9.53 Å². The number of morpholine rings is 1. The van der Waals surface area contributed by atoms with Gasteiger partial charge in [-0.25, -0.2) is 9.97 Å². The molecule has 0 atom stereocenters. The van der Waals surface area contributed by atoms with Crippen LogP contribution < -0.4 is 20.3 Å². The zero-order valence-electron chi connectivity index (χ0n) is 20.2. The van der Waals surface area contributed by atoms with Crippen molar-refractivity contribution in [3.63, 3.8) is 0 Å². The molecule has 2 aromatic carbocycles. The van der Waals surface area contributed by atoms with Crippen molar-refractivity contribution in [1.29, 1.82) is 0 Å². The van der Waals surface area contributed by atoms with Crippen LogP contribution in [0.1, 0.15) is 0 Å². The number of carbonyl (C=O) groups is 1. The maximum absolute atomic E-state index is 11.8. The lowest BCUT2D eigenvalue weighted by Gasteiger charge is -2.29. The number of nitrogens with one attached hydrogen (secondary N) is 2. The van der Waals surface area contributed by atoms with Crippen molar-refractivity contribution in [2.24, 2.45) is 0 Å². The Morgan fingerprint density at radius 3 is 2.78 bits per heavy atom. The number of anilines is 4. The zero-order chi connectivity index (χ0) is 25.8. The average molecular weight is 517 g/mol.